The lowest BCUT2D eigenvalue weighted by atomic mass is 10.1. The van der Waals surface area contributed by atoms with E-state index in [0.717, 1.165) is 20.8 Å². The van der Waals surface area contributed by atoms with E-state index in [1.54, 1.807) is 41.4 Å². The molecule has 0 radical (unpaired) electrons. The first kappa shape index (κ1) is 22.5. The summed E-state index contributed by atoms with van der Waals surface area (Å²) in [5.74, 6) is 0.738. The predicted molar refractivity (Wildman–Crippen MR) is 131 cm³/mol. The number of benzene rings is 3. The number of imidazole rings is 1. The van der Waals surface area contributed by atoms with Gasteiger partial charge in [-0.2, -0.15) is 0 Å². The largest absolute Gasteiger partial charge is 0.497 e. The molecule has 0 atom stereocenters. The topological polar surface area (TPSA) is 74.5 Å². The van der Waals surface area contributed by atoms with E-state index in [-0.39, 0.29) is 11.6 Å². The Kier molecular flexibility index (Phi) is 6.20. The Morgan fingerprint density at radius 2 is 1.45 bits per heavy atom. The Labute approximate surface area is 195 Å². The van der Waals surface area contributed by atoms with Gasteiger partial charge in [0.15, 0.2) is 0 Å². The van der Waals surface area contributed by atoms with Gasteiger partial charge in [-0.05, 0) is 43.3 Å². The molecule has 0 spiro atoms. The van der Waals surface area contributed by atoms with Gasteiger partial charge in [0.1, 0.15) is 11.5 Å². The van der Waals surface area contributed by atoms with Crippen LogP contribution in [-0.4, -0.2) is 29.3 Å². The zero-order valence-corrected chi connectivity index (χ0v) is 19.9. The Hall–Kier alpha value is -3.65. The van der Waals surface area contributed by atoms with E-state index in [1.165, 1.54) is 31.5 Å². The van der Waals surface area contributed by atoms with Gasteiger partial charge >= 0.3 is 5.69 Å². The van der Waals surface area contributed by atoms with Crippen LogP contribution < -0.4 is 20.5 Å². The highest BCUT2D eigenvalue weighted by atomic mass is 32.2. The minimum absolute atomic E-state index is 0.128. The van der Waals surface area contributed by atoms with Gasteiger partial charge in [-0.15, -0.1) is 0 Å². The van der Waals surface area contributed by atoms with Crippen molar-refractivity contribution in [1.82, 2.24) is 9.13 Å². The number of carbonyl (C=O) groups excluding carboxylic acids is 1. The molecule has 4 aromatic rings. The first-order chi connectivity index (χ1) is 15.8. The van der Waals surface area contributed by atoms with Gasteiger partial charge in [0.2, 0.25) is 0 Å². The third kappa shape index (κ3) is 4.47. The molecule has 1 aromatic heterocycles. The number of rotatable bonds is 6. The third-order valence-corrected chi connectivity index (χ3v) is 6.55. The number of ether oxygens (including phenoxy) is 2. The fourth-order valence-electron chi connectivity index (χ4n) is 3.57. The van der Waals surface area contributed by atoms with Crippen LogP contribution in [0.5, 0.6) is 11.5 Å². The van der Waals surface area contributed by atoms with Crippen LogP contribution in [0.1, 0.15) is 15.9 Å². The molecular formula is C25H25N3O4S. The van der Waals surface area contributed by atoms with Crippen LogP contribution in [-0.2, 0) is 14.1 Å². The summed E-state index contributed by atoms with van der Waals surface area (Å²) in [5.41, 5.74) is 3.58. The monoisotopic (exact) mass is 463 g/mol. The molecule has 0 aliphatic rings. The van der Waals surface area contributed by atoms with Crippen LogP contribution in [0.15, 0.2) is 69.2 Å². The van der Waals surface area contributed by atoms with Crippen LogP contribution in [0, 0.1) is 6.92 Å². The molecule has 0 fully saturated rings. The number of nitrogens with zero attached hydrogens (tertiary/aromatic N) is 2. The second-order valence-electron chi connectivity index (χ2n) is 7.71. The molecule has 4 rings (SSSR count). The number of amides is 1. The Bertz CT molecular complexity index is 1380. The smallest absolute Gasteiger partial charge is 0.328 e. The normalized spacial score (nSPS) is 10.9. The van der Waals surface area contributed by atoms with E-state index >= 15 is 0 Å². The Morgan fingerprint density at radius 3 is 2.03 bits per heavy atom. The summed E-state index contributed by atoms with van der Waals surface area (Å²) in [6, 6.07) is 16.9. The molecule has 0 bridgehead atoms. The van der Waals surface area contributed by atoms with Crippen molar-refractivity contribution >= 4 is 34.4 Å². The number of hydrogen-bond donors (Lipinski definition) is 1. The minimum atomic E-state index is -0.307. The van der Waals surface area contributed by atoms with Gasteiger partial charge in [-0.3, -0.25) is 13.9 Å². The molecule has 0 unspecified atom stereocenters. The van der Waals surface area contributed by atoms with Crippen molar-refractivity contribution in [3.8, 4) is 11.5 Å². The zero-order valence-electron chi connectivity index (χ0n) is 19.1. The molecule has 0 saturated carbocycles. The molecule has 1 heterocycles. The summed E-state index contributed by atoms with van der Waals surface area (Å²) in [4.78, 5) is 27.5. The number of aryl methyl sites for hydroxylation is 3. The van der Waals surface area contributed by atoms with Gasteiger partial charge in [0.25, 0.3) is 5.91 Å². The van der Waals surface area contributed by atoms with Crippen molar-refractivity contribution in [2.24, 2.45) is 14.1 Å². The van der Waals surface area contributed by atoms with E-state index in [2.05, 4.69) is 5.32 Å². The zero-order chi connectivity index (χ0) is 23.7. The van der Waals surface area contributed by atoms with E-state index in [4.69, 9.17) is 9.47 Å². The van der Waals surface area contributed by atoms with Crippen LogP contribution in [0.3, 0.4) is 0 Å². The van der Waals surface area contributed by atoms with E-state index in [0.29, 0.717) is 22.7 Å². The fraction of sp³-hybridized carbons (Fsp3) is 0.200. The van der Waals surface area contributed by atoms with Crippen molar-refractivity contribution in [2.45, 2.75) is 16.7 Å². The Morgan fingerprint density at radius 1 is 0.879 bits per heavy atom. The summed E-state index contributed by atoms with van der Waals surface area (Å²) >= 11 is 1.53. The molecule has 170 valence electrons. The summed E-state index contributed by atoms with van der Waals surface area (Å²) in [7, 11) is 6.54. The van der Waals surface area contributed by atoms with Crippen LogP contribution in [0.2, 0.25) is 0 Å². The van der Waals surface area contributed by atoms with Crippen molar-refractivity contribution in [3.63, 3.8) is 0 Å². The second kappa shape index (κ2) is 9.07. The lowest BCUT2D eigenvalue weighted by Gasteiger charge is -2.14. The number of fused-ring (bicyclic) bond motifs is 1. The van der Waals surface area contributed by atoms with Crippen molar-refractivity contribution in [3.05, 3.63) is 76.2 Å². The van der Waals surface area contributed by atoms with Crippen LogP contribution >= 0.6 is 11.8 Å². The SMILES string of the molecule is COc1cc(OC)cc(C(=O)Nc2cc3c(cc2Sc2ccc(C)cc2)n(C)c(=O)n3C)c1. The molecule has 0 aliphatic heterocycles. The second-order valence-corrected chi connectivity index (χ2v) is 8.82. The van der Waals surface area contributed by atoms with Gasteiger partial charge < -0.3 is 14.8 Å². The number of hydrogen-bond acceptors (Lipinski definition) is 5. The molecule has 8 heteroatoms. The number of carbonyl (C=O) groups is 1. The van der Waals surface area contributed by atoms with Gasteiger partial charge in [0.05, 0.1) is 30.9 Å². The highest BCUT2D eigenvalue weighted by Crippen LogP contribution is 2.37. The summed E-state index contributed by atoms with van der Waals surface area (Å²) < 4.78 is 13.8. The summed E-state index contributed by atoms with van der Waals surface area (Å²) in [6.07, 6.45) is 0. The number of anilines is 1. The maximum absolute atomic E-state index is 13.2. The van der Waals surface area contributed by atoms with E-state index in [9.17, 15) is 9.59 Å². The first-order valence-corrected chi connectivity index (χ1v) is 11.1. The maximum atomic E-state index is 13.2. The standard InChI is InChI=1S/C25H25N3O4S/c1-15-6-8-19(9-7-15)33-23-14-22-21(27(2)25(30)28(22)3)13-20(23)26-24(29)16-10-17(31-4)12-18(11-16)32-5/h6-14H,1-5H3,(H,26,29). The number of aromatic nitrogens is 2. The van der Waals surface area contributed by atoms with Crippen molar-refractivity contribution in [1.29, 1.82) is 0 Å². The highest BCUT2D eigenvalue weighted by Gasteiger charge is 2.17. The van der Waals surface area contributed by atoms with E-state index in [1.807, 2.05) is 43.3 Å². The first-order valence-electron chi connectivity index (χ1n) is 10.3. The van der Waals surface area contributed by atoms with Gasteiger partial charge in [-0.25, -0.2) is 4.79 Å². The summed E-state index contributed by atoms with van der Waals surface area (Å²) in [6.45, 7) is 2.04. The predicted octanol–water partition coefficient (Wildman–Crippen LogP) is 4.61. The average Bonchev–Trinajstić information content (AvgIpc) is 3.03. The molecular weight excluding hydrogens is 438 g/mol. The van der Waals surface area contributed by atoms with Gasteiger partial charge in [-0.1, -0.05) is 29.5 Å². The molecule has 7 nitrogen and oxygen atoms in total. The fourth-order valence-corrected chi connectivity index (χ4v) is 4.49. The van der Waals surface area contributed by atoms with Crippen LogP contribution in [0.4, 0.5) is 5.69 Å². The third-order valence-electron chi connectivity index (χ3n) is 5.48. The lowest BCUT2D eigenvalue weighted by molar-refractivity contribution is 0.102. The lowest BCUT2D eigenvalue weighted by Crippen LogP contribution is -2.19. The van der Waals surface area contributed by atoms with Crippen molar-refractivity contribution < 1.29 is 14.3 Å². The van der Waals surface area contributed by atoms with E-state index < -0.39 is 0 Å². The molecule has 3 aromatic carbocycles. The van der Waals surface area contributed by atoms with Crippen molar-refractivity contribution in [2.75, 3.05) is 19.5 Å². The van der Waals surface area contributed by atoms with Gasteiger partial charge in [0, 0.05) is 35.5 Å². The Balaban J connectivity index is 1.79. The molecule has 1 amide bonds. The summed E-state index contributed by atoms with van der Waals surface area (Å²) in [5, 5.41) is 3.01. The molecule has 33 heavy (non-hydrogen) atoms. The van der Waals surface area contributed by atoms with Crippen LogP contribution in [0.25, 0.3) is 11.0 Å². The highest BCUT2D eigenvalue weighted by molar-refractivity contribution is 7.99. The molecule has 0 aliphatic carbocycles. The number of methoxy groups -OCH3 is 2. The molecule has 1 N–H and O–H groups in total. The average molecular weight is 464 g/mol. The quantitative estimate of drug-likeness (QED) is 0.452. The molecule has 0 saturated heterocycles. The maximum Gasteiger partial charge on any atom is 0.328 e. The minimum Gasteiger partial charge on any atom is -0.497 e. The number of nitrogens with one attached hydrogen (secondary N) is 1.